The van der Waals surface area contributed by atoms with Gasteiger partial charge in [-0.25, -0.2) is 4.39 Å². The molecule has 2 aliphatic rings. The molecule has 4 rings (SSSR count). The van der Waals surface area contributed by atoms with Crippen LogP contribution in [0.3, 0.4) is 0 Å². The third kappa shape index (κ3) is 5.06. The van der Waals surface area contributed by atoms with Crippen molar-refractivity contribution in [3.63, 3.8) is 0 Å². The summed E-state index contributed by atoms with van der Waals surface area (Å²) in [6.45, 7) is 7.67. The van der Waals surface area contributed by atoms with Gasteiger partial charge in [-0.3, -0.25) is 4.79 Å². The van der Waals surface area contributed by atoms with Crippen LogP contribution in [-0.2, 0) is 11.2 Å². The van der Waals surface area contributed by atoms with E-state index >= 15 is 0 Å². The minimum atomic E-state index is -0.558. The Morgan fingerprint density at radius 2 is 1.82 bits per heavy atom. The second-order valence-corrected chi connectivity index (χ2v) is 10.3. The average Bonchev–Trinajstić information content (AvgIpc) is 2.98. The van der Waals surface area contributed by atoms with Crippen LogP contribution < -0.4 is 5.73 Å². The SMILES string of the molecule is CC1CC=C2N(C=C1c1ccc(F)cc1)CCN(C(=O)C(N)CCc1ccc(Cl)cc1)C2(C)C. The average molecular weight is 482 g/mol. The van der Waals surface area contributed by atoms with Crippen LogP contribution in [0.25, 0.3) is 5.57 Å². The van der Waals surface area contributed by atoms with Crippen molar-refractivity contribution in [3.8, 4) is 0 Å². The van der Waals surface area contributed by atoms with Gasteiger partial charge in [0.2, 0.25) is 5.91 Å². The van der Waals surface area contributed by atoms with Crippen molar-refractivity contribution < 1.29 is 9.18 Å². The van der Waals surface area contributed by atoms with Crippen LogP contribution in [0.1, 0.15) is 44.7 Å². The number of carbonyl (C=O) groups is 1. The number of nitrogens with zero attached hydrogens (tertiary/aromatic N) is 2. The van der Waals surface area contributed by atoms with Gasteiger partial charge < -0.3 is 15.5 Å². The van der Waals surface area contributed by atoms with Crippen LogP contribution in [0.2, 0.25) is 5.02 Å². The maximum Gasteiger partial charge on any atom is 0.240 e. The number of benzene rings is 2. The van der Waals surface area contributed by atoms with Crippen molar-refractivity contribution in [2.24, 2.45) is 11.7 Å². The van der Waals surface area contributed by atoms with Crippen molar-refractivity contribution in [1.82, 2.24) is 9.80 Å². The fourth-order valence-corrected chi connectivity index (χ4v) is 5.12. The Hall–Kier alpha value is -2.63. The van der Waals surface area contributed by atoms with Gasteiger partial charge in [0.05, 0.1) is 11.6 Å². The molecule has 2 aliphatic heterocycles. The van der Waals surface area contributed by atoms with Crippen LogP contribution in [-0.4, -0.2) is 40.4 Å². The minimum absolute atomic E-state index is 0.0143. The van der Waals surface area contributed by atoms with Crippen molar-refractivity contribution in [1.29, 1.82) is 0 Å². The van der Waals surface area contributed by atoms with Crippen LogP contribution in [0.4, 0.5) is 4.39 Å². The van der Waals surface area contributed by atoms with Crippen LogP contribution in [0, 0.1) is 11.7 Å². The summed E-state index contributed by atoms with van der Waals surface area (Å²) in [6, 6.07) is 13.8. The highest BCUT2D eigenvalue weighted by molar-refractivity contribution is 6.30. The van der Waals surface area contributed by atoms with E-state index in [2.05, 4.69) is 37.9 Å². The number of hydrogen-bond donors (Lipinski definition) is 1. The fourth-order valence-electron chi connectivity index (χ4n) is 4.99. The number of carbonyl (C=O) groups excluding carboxylic acids is 1. The van der Waals surface area contributed by atoms with Gasteiger partial charge >= 0.3 is 0 Å². The number of amides is 1. The second-order valence-electron chi connectivity index (χ2n) is 9.83. The first kappa shape index (κ1) is 24.5. The van der Waals surface area contributed by atoms with Crippen molar-refractivity contribution >= 4 is 23.1 Å². The number of fused-ring (bicyclic) bond motifs is 1. The van der Waals surface area contributed by atoms with Crippen molar-refractivity contribution in [2.45, 2.75) is 51.6 Å². The van der Waals surface area contributed by atoms with E-state index in [9.17, 15) is 9.18 Å². The molecule has 2 atom stereocenters. The van der Waals surface area contributed by atoms with E-state index in [1.807, 2.05) is 41.3 Å². The molecule has 0 bridgehead atoms. The van der Waals surface area contributed by atoms with Gasteiger partial charge in [-0.05, 0) is 80.0 Å². The van der Waals surface area contributed by atoms with Crippen LogP contribution in [0.5, 0.6) is 0 Å². The van der Waals surface area contributed by atoms with Crippen LogP contribution >= 0.6 is 11.6 Å². The molecule has 2 N–H and O–H groups in total. The number of allylic oxidation sites excluding steroid dienone is 2. The number of aryl methyl sites for hydroxylation is 1. The lowest BCUT2D eigenvalue weighted by atomic mass is 9.90. The second kappa shape index (κ2) is 9.93. The first-order chi connectivity index (χ1) is 16.2. The van der Waals surface area contributed by atoms with E-state index in [4.69, 9.17) is 17.3 Å². The summed E-state index contributed by atoms with van der Waals surface area (Å²) in [5.41, 5.74) is 10.3. The molecule has 1 saturated heterocycles. The van der Waals surface area contributed by atoms with Crippen molar-refractivity contribution in [2.75, 3.05) is 13.1 Å². The molecule has 34 heavy (non-hydrogen) atoms. The molecule has 0 radical (unpaired) electrons. The topological polar surface area (TPSA) is 49.6 Å². The number of rotatable bonds is 5. The lowest BCUT2D eigenvalue weighted by molar-refractivity contribution is -0.139. The Morgan fingerprint density at radius 1 is 1.15 bits per heavy atom. The summed E-state index contributed by atoms with van der Waals surface area (Å²) in [6.07, 6.45) is 6.59. The highest BCUT2D eigenvalue weighted by Crippen LogP contribution is 2.38. The van der Waals surface area contributed by atoms with Gasteiger partial charge in [-0.2, -0.15) is 0 Å². The molecular formula is C28H33ClFN3O. The summed E-state index contributed by atoms with van der Waals surface area (Å²) in [5.74, 6) is 0.0368. The lowest BCUT2D eigenvalue weighted by Gasteiger charge is -2.49. The predicted molar refractivity (Wildman–Crippen MR) is 136 cm³/mol. The molecule has 0 aromatic heterocycles. The summed E-state index contributed by atoms with van der Waals surface area (Å²) >= 11 is 5.97. The Kier molecular flexibility index (Phi) is 7.15. The third-order valence-electron chi connectivity index (χ3n) is 7.08. The molecule has 0 spiro atoms. The Balaban J connectivity index is 1.50. The lowest BCUT2D eigenvalue weighted by Crippen LogP contribution is -2.61. The summed E-state index contributed by atoms with van der Waals surface area (Å²) in [5, 5.41) is 0.700. The number of piperazine rings is 1. The molecule has 4 nitrogen and oxygen atoms in total. The minimum Gasteiger partial charge on any atom is -0.348 e. The molecule has 180 valence electrons. The van der Waals surface area contributed by atoms with Gasteiger partial charge in [0.1, 0.15) is 5.82 Å². The Morgan fingerprint density at radius 3 is 2.50 bits per heavy atom. The molecule has 2 heterocycles. The third-order valence-corrected chi connectivity index (χ3v) is 7.34. The quantitative estimate of drug-likeness (QED) is 0.602. The number of halogens is 2. The Labute approximate surface area is 206 Å². The molecule has 0 saturated carbocycles. The highest BCUT2D eigenvalue weighted by Gasteiger charge is 2.42. The highest BCUT2D eigenvalue weighted by atomic mass is 35.5. The van der Waals surface area contributed by atoms with Gasteiger partial charge in [0, 0.05) is 30.0 Å². The van der Waals surface area contributed by atoms with E-state index in [1.165, 1.54) is 17.7 Å². The maximum absolute atomic E-state index is 13.5. The van der Waals surface area contributed by atoms with E-state index in [1.54, 1.807) is 0 Å². The molecular weight excluding hydrogens is 449 g/mol. The molecule has 2 unspecified atom stereocenters. The summed E-state index contributed by atoms with van der Waals surface area (Å²) in [4.78, 5) is 17.6. The Bertz CT molecular complexity index is 1090. The van der Waals surface area contributed by atoms with Gasteiger partial charge in [0.15, 0.2) is 0 Å². The molecule has 2 aromatic rings. The summed E-state index contributed by atoms with van der Waals surface area (Å²) < 4.78 is 13.5. The first-order valence-corrected chi connectivity index (χ1v) is 12.3. The molecule has 6 heteroatoms. The van der Waals surface area contributed by atoms with E-state index < -0.39 is 11.6 Å². The van der Waals surface area contributed by atoms with Gasteiger partial charge in [0.25, 0.3) is 0 Å². The van der Waals surface area contributed by atoms with Gasteiger partial charge in [-0.1, -0.05) is 48.9 Å². The van der Waals surface area contributed by atoms with E-state index in [-0.39, 0.29) is 17.6 Å². The van der Waals surface area contributed by atoms with E-state index in [0.29, 0.717) is 24.5 Å². The smallest absolute Gasteiger partial charge is 0.240 e. The zero-order valence-electron chi connectivity index (χ0n) is 20.1. The monoisotopic (exact) mass is 481 g/mol. The number of hydrogen-bond acceptors (Lipinski definition) is 3. The molecule has 1 amide bonds. The van der Waals surface area contributed by atoms with Crippen molar-refractivity contribution in [3.05, 3.63) is 88.5 Å². The fraction of sp³-hybridized carbons (Fsp3) is 0.393. The molecule has 0 aliphatic carbocycles. The maximum atomic E-state index is 13.5. The molecule has 2 aromatic carbocycles. The normalized spacial score (nSPS) is 20.7. The zero-order chi connectivity index (χ0) is 24.5. The summed E-state index contributed by atoms with van der Waals surface area (Å²) in [7, 11) is 0. The zero-order valence-corrected chi connectivity index (χ0v) is 20.9. The first-order valence-electron chi connectivity index (χ1n) is 11.9. The van der Waals surface area contributed by atoms with Crippen LogP contribution in [0.15, 0.2) is 66.5 Å². The van der Waals surface area contributed by atoms with Gasteiger partial charge in [-0.15, -0.1) is 0 Å². The largest absolute Gasteiger partial charge is 0.348 e. The number of nitrogens with two attached hydrogens (primary N) is 1. The predicted octanol–water partition coefficient (Wildman–Crippen LogP) is 5.63. The van der Waals surface area contributed by atoms with E-state index in [0.717, 1.165) is 29.7 Å². The standard InChI is InChI=1S/C28H33ClFN3O/c1-19-4-15-26-28(2,3)33(27(34)25(31)14-7-20-5-10-22(29)11-6-20)17-16-32(26)18-24(19)21-8-12-23(30)13-9-21/h5-6,8-13,15,18-19,25H,4,7,14,16-17,31H2,1-3H3. The molecule has 1 fully saturated rings.